The number of nitrogens with zero attached hydrogens (tertiary/aromatic N) is 2. The van der Waals surface area contributed by atoms with Crippen LogP contribution in [0.3, 0.4) is 0 Å². The molecule has 0 unspecified atom stereocenters. The van der Waals surface area contributed by atoms with E-state index in [1.165, 1.54) is 0 Å². The molecule has 1 fully saturated rings. The Bertz CT molecular complexity index is 455. The predicted octanol–water partition coefficient (Wildman–Crippen LogP) is 1.99. The highest BCUT2D eigenvalue weighted by Crippen LogP contribution is 2.21. The molecule has 2 rings (SSSR count). The van der Waals surface area contributed by atoms with Crippen LogP contribution in [0.1, 0.15) is 38.3 Å². The Hall–Kier alpha value is -1.62. The molecule has 1 amide bonds. The van der Waals surface area contributed by atoms with E-state index in [1.807, 2.05) is 12.3 Å². The first-order valence-electron chi connectivity index (χ1n) is 7.87. The first-order valence-corrected chi connectivity index (χ1v) is 7.87. The number of pyridine rings is 1. The molecule has 1 aliphatic rings. The normalized spacial score (nSPS) is 16.8. The van der Waals surface area contributed by atoms with Crippen LogP contribution in [0.15, 0.2) is 18.3 Å². The fourth-order valence-electron chi connectivity index (χ4n) is 2.81. The van der Waals surface area contributed by atoms with Gasteiger partial charge in [0.1, 0.15) is 0 Å². The minimum absolute atomic E-state index is 0.176. The average molecular weight is 290 g/mol. The summed E-state index contributed by atoms with van der Waals surface area (Å²) in [5.74, 6) is 0.286. The minimum Gasteiger partial charge on any atom is -0.385 e. The van der Waals surface area contributed by atoms with Crippen molar-refractivity contribution in [1.82, 2.24) is 9.88 Å². The lowest BCUT2D eigenvalue weighted by molar-refractivity contribution is -0.119. The zero-order chi connectivity index (χ0) is 15.1. The number of carbonyl (C=O) groups excluding carboxylic acids is 1. The first-order chi connectivity index (χ1) is 10.2. The Morgan fingerprint density at radius 2 is 2.24 bits per heavy atom. The molecule has 0 aromatic carbocycles. The summed E-state index contributed by atoms with van der Waals surface area (Å²) >= 11 is 0. The number of rotatable bonds is 7. The zero-order valence-corrected chi connectivity index (χ0v) is 12.8. The fraction of sp³-hybridized carbons (Fsp3) is 0.625. The highest BCUT2D eigenvalue weighted by Gasteiger charge is 2.20. The van der Waals surface area contributed by atoms with E-state index in [0.29, 0.717) is 12.3 Å². The van der Waals surface area contributed by atoms with E-state index in [9.17, 15) is 4.79 Å². The number of nitrogens with two attached hydrogens (primary N) is 1. The number of carbonyl (C=O) groups is 1. The van der Waals surface area contributed by atoms with Gasteiger partial charge in [0.2, 0.25) is 5.91 Å². The molecule has 0 radical (unpaired) electrons. The van der Waals surface area contributed by atoms with Crippen molar-refractivity contribution in [3.8, 4) is 0 Å². The molecule has 116 valence electrons. The fourth-order valence-corrected chi connectivity index (χ4v) is 2.81. The summed E-state index contributed by atoms with van der Waals surface area (Å²) in [6, 6.07) is 4.14. The van der Waals surface area contributed by atoms with Crippen molar-refractivity contribution < 1.29 is 4.79 Å². The molecule has 3 N–H and O–H groups in total. The molecule has 1 aromatic rings. The highest BCUT2D eigenvalue weighted by atomic mass is 16.1. The van der Waals surface area contributed by atoms with Crippen LogP contribution in [0.2, 0.25) is 0 Å². The van der Waals surface area contributed by atoms with E-state index in [0.717, 1.165) is 56.8 Å². The molecule has 21 heavy (non-hydrogen) atoms. The number of amides is 1. The van der Waals surface area contributed by atoms with Gasteiger partial charge < -0.3 is 11.1 Å². The van der Waals surface area contributed by atoms with Crippen molar-refractivity contribution in [3.05, 3.63) is 24.0 Å². The average Bonchev–Trinajstić information content (AvgIpc) is 2.47. The number of aromatic nitrogens is 1. The third-order valence-electron chi connectivity index (χ3n) is 3.98. The van der Waals surface area contributed by atoms with Gasteiger partial charge >= 0.3 is 0 Å². The van der Waals surface area contributed by atoms with Crippen LogP contribution in [0.5, 0.6) is 0 Å². The summed E-state index contributed by atoms with van der Waals surface area (Å²) in [4.78, 5) is 17.8. The standard InChI is InChI=1S/C16H26N4O/c1-2-6-18-14-3-7-19-15(11-14)12-20-8-4-13(5-9-20)10-16(17)21/h3,7,11,13H,2,4-6,8-10,12H2,1H3,(H2,17,21)(H,18,19). The molecule has 0 atom stereocenters. The summed E-state index contributed by atoms with van der Waals surface area (Å²) in [5.41, 5.74) is 7.51. The number of primary amides is 1. The Balaban J connectivity index is 1.81. The second-order valence-electron chi connectivity index (χ2n) is 5.85. The van der Waals surface area contributed by atoms with Crippen molar-refractivity contribution >= 4 is 11.6 Å². The smallest absolute Gasteiger partial charge is 0.217 e. The van der Waals surface area contributed by atoms with Crippen LogP contribution in [0, 0.1) is 5.92 Å². The third kappa shape index (κ3) is 5.34. The van der Waals surface area contributed by atoms with Gasteiger partial charge in [-0.25, -0.2) is 0 Å². The van der Waals surface area contributed by atoms with Crippen LogP contribution < -0.4 is 11.1 Å². The van der Waals surface area contributed by atoms with Gasteiger partial charge in [0, 0.05) is 31.4 Å². The molecule has 1 aliphatic heterocycles. The number of hydrogen-bond acceptors (Lipinski definition) is 4. The van der Waals surface area contributed by atoms with E-state index in [-0.39, 0.29) is 5.91 Å². The first kappa shape index (κ1) is 15.8. The molecule has 0 aliphatic carbocycles. The number of anilines is 1. The molecule has 0 saturated carbocycles. The third-order valence-corrected chi connectivity index (χ3v) is 3.98. The number of likely N-dealkylation sites (tertiary alicyclic amines) is 1. The lowest BCUT2D eigenvalue weighted by Crippen LogP contribution is -2.34. The SMILES string of the molecule is CCCNc1ccnc(CN2CCC(CC(N)=O)CC2)c1. The highest BCUT2D eigenvalue weighted by molar-refractivity contribution is 5.73. The maximum Gasteiger partial charge on any atom is 0.217 e. The van der Waals surface area contributed by atoms with Crippen LogP contribution >= 0.6 is 0 Å². The Kier molecular flexibility index (Phi) is 5.99. The van der Waals surface area contributed by atoms with Crippen molar-refractivity contribution in [2.75, 3.05) is 25.0 Å². The van der Waals surface area contributed by atoms with Gasteiger partial charge in [-0.1, -0.05) is 6.92 Å². The maximum atomic E-state index is 11.0. The molecule has 0 spiro atoms. The van der Waals surface area contributed by atoms with Crippen molar-refractivity contribution in [2.24, 2.45) is 11.7 Å². The van der Waals surface area contributed by atoms with Crippen LogP contribution in [0.25, 0.3) is 0 Å². The molecule has 5 nitrogen and oxygen atoms in total. The van der Waals surface area contributed by atoms with Crippen LogP contribution in [-0.4, -0.2) is 35.4 Å². The second kappa shape index (κ2) is 7.98. The van der Waals surface area contributed by atoms with E-state index in [1.54, 1.807) is 0 Å². The summed E-state index contributed by atoms with van der Waals surface area (Å²) < 4.78 is 0. The topological polar surface area (TPSA) is 71.2 Å². The Morgan fingerprint density at radius 1 is 1.48 bits per heavy atom. The molecule has 1 aromatic heterocycles. The largest absolute Gasteiger partial charge is 0.385 e. The van der Waals surface area contributed by atoms with Gasteiger partial charge in [-0.3, -0.25) is 14.7 Å². The zero-order valence-electron chi connectivity index (χ0n) is 12.8. The van der Waals surface area contributed by atoms with Crippen molar-refractivity contribution in [3.63, 3.8) is 0 Å². The molecular formula is C16H26N4O. The van der Waals surface area contributed by atoms with Crippen LogP contribution in [-0.2, 0) is 11.3 Å². The predicted molar refractivity (Wildman–Crippen MR) is 84.8 cm³/mol. The van der Waals surface area contributed by atoms with Gasteiger partial charge in [0.25, 0.3) is 0 Å². The van der Waals surface area contributed by atoms with Gasteiger partial charge in [0.15, 0.2) is 0 Å². The monoisotopic (exact) mass is 290 g/mol. The van der Waals surface area contributed by atoms with Crippen molar-refractivity contribution in [2.45, 2.75) is 39.2 Å². The lowest BCUT2D eigenvalue weighted by atomic mass is 9.93. The molecular weight excluding hydrogens is 264 g/mol. The summed E-state index contributed by atoms with van der Waals surface area (Å²) in [6.07, 6.45) is 5.62. The van der Waals surface area contributed by atoms with Crippen LogP contribution in [0.4, 0.5) is 5.69 Å². The van der Waals surface area contributed by atoms with E-state index < -0.39 is 0 Å². The molecule has 0 bridgehead atoms. The Morgan fingerprint density at radius 3 is 2.90 bits per heavy atom. The maximum absolute atomic E-state index is 11.0. The molecule has 2 heterocycles. The van der Waals surface area contributed by atoms with Gasteiger partial charge in [-0.15, -0.1) is 0 Å². The molecule has 1 saturated heterocycles. The number of piperidine rings is 1. The van der Waals surface area contributed by atoms with E-state index in [2.05, 4.69) is 28.2 Å². The summed E-state index contributed by atoms with van der Waals surface area (Å²) in [7, 11) is 0. The summed E-state index contributed by atoms with van der Waals surface area (Å²) in [5, 5.41) is 3.39. The van der Waals surface area contributed by atoms with Gasteiger partial charge in [-0.2, -0.15) is 0 Å². The minimum atomic E-state index is -0.176. The van der Waals surface area contributed by atoms with Gasteiger partial charge in [-0.05, 0) is 50.4 Å². The lowest BCUT2D eigenvalue weighted by Gasteiger charge is -2.31. The molecule has 5 heteroatoms. The summed E-state index contributed by atoms with van der Waals surface area (Å²) in [6.45, 7) is 6.07. The van der Waals surface area contributed by atoms with E-state index in [4.69, 9.17) is 5.73 Å². The number of nitrogens with one attached hydrogen (secondary N) is 1. The quantitative estimate of drug-likeness (QED) is 0.805. The van der Waals surface area contributed by atoms with Gasteiger partial charge in [0.05, 0.1) is 5.69 Å². The van der Waals surface area contributed by atoms with Crippen molar-refractivity contribution in [1.29, 1.82) is 0 Å². The number of hydrogen-bond donors (Lipinski definition) is 2. The van der Waals surface area contributed by atoms with E-state index >= 15 is 0 Å². The second-order valence-corrected chi connectivity index (χ2v) is 5.85. The Labute approximate surface area is 126 Å².